The van der Waals surface area contributed by atoms with E-state index in [-0.39, 0.29) is 5.82 Å². The first-order valence-corrected chi connectivity index (χ1v) is 3.36. The number of aliphatic imine (C=N–C) groups is 1. The highest BCUT2D eigenvalue weighted by Gasteiger charge is 2.11. The average molecular weight is 153 g/mol. The van der Waals surface area contributed by atoms with E-state index in [2.05, 4.69) is 4.99 Å². The van der Waals surface area contributed by atoms with Crippen LogP contribution in [-0.4, -0.2) is 6.08 Å². The van der Waals surface area contributed by atoms with Crippen LogP contribution in [-0.2, 0) is 9.36 Å². The van der Waals surface area contributed by atoms with Crippen molar-refractivity contribution in [3.63, 3.8) is 0 Å². The van der Waals surface area contributed by atoms with Crippen LogP contribution in [0, 0.1) is 0 Å². The van der Waals surface area contributed by atoms with Crippen LogP contribution in [0.1, 0.15) is 0 Å². The number of rotatable bonds is 2. The van der Waals surface area contributed by atoms with Gasteiger partial charge in [0.05, 0.1) is 5.82 Å². The molecule has 0 radical (unpaired) electrons. The Bertz CT molecular complexity index is 202. The Kier molecular flexibility index (Phi) is 2.99. The van der Waals surface area contributed by atoms with Gasteiger partial charge in [-0.2, -0.15) is 4.99 Å². The van der Waals surface area contributed by atoms with Gasteiger partial charge < -0.3 is 0 Å². The molecule has 0 amide bonds. The van der Waals surface area contributed by atoms with Gasteiger partial charge in [0.2, 0.25) is 6.08 Å². The van der Waals surface area contributed by atoms with Crippen LogP contribution < -0.4 is 0 Å². The monoisotopic (exact) mass is 153 g/mol. The van der Waals surface area contributed by atoms with Crippen LogP contribution in [0.15, 0.2) is 17.0 Å². The minimum Gasteiger partial charge on any atom is -0.245 e. The molecule has 0 aromatic rings. The maximum atomic E-state index is 11.3. The molecule has 50 valence electrons. The lowest BCUT2D eigenvalue weighted by Gasteiger charge is -1.81. The Hall–Kier alpha value is -0.790. The normalized spacial score (nSPS) is 11.3. The summed E-state index contributed by atoms with van der Waals surface area (Å²) in [6.07, 6.45) is 1.43. The van der Waals surface area contributed by atoms with Gasteiger partial charge in [0.1, 0.15) is 0 Å². The van der Waals surface area contributed by atoms with Crippen LogP contribution in [0.5, 0.6) is 0 Å². The summed E-state index contributed by atoms with van der Waals surface area (Å²) in [6, 6.07) is 0. The van der Waals surface area contributed by atoms with Crippen LogP contribution in [0.4, 0.5) is 8.39 Å². The highest BCUT2D eigenvalue weighted by atomic mass is 31.2. The lowest BCUT2D eigenvalue weighted by atomic mass is 11.0. The van der Waals surface area contributed by atoms with Crippen molar-refractivity contribution < 1.29 is 17.8 Å². The molecule has 0 bridgehead atoms. The van der Waals surface area contributed by atoms with Crippen molar-refractivity contribution in [2.75, 3.05) is 0 Å². The average Bonchev–Trinajstić information content (AvgIpc) is 1.63. The number of carbonyl (C=O) groups excluding carboxylic acids is 1. The molecule has 0 heterocycles. The first kappa shape index (κ1) is 8.21. The molecule has 0 aliphatic rings. The molecule has 0 unspecified atom stereocenters. The summed E-state index contributed by atoms with van der Waals surface area (Å²) in [7, 11) is -5.15. The first-order chi connectivity index (χ1) is 4.06. The quantitative estimate of drug-likeness (QED) is 0.345. The maximum absolute atomic E-state index is 11.3. The predicted molar refractivity (Wildman–Crippen MR) is 27.1 cm³/mol. The van der Waals surface area contributed by atoms with Crippen LogP contribution in [0.3, 0.4) is 0 Å². The number of hydrogen-bond acceptors (Lipinski definition) is 3. The summed E-state index contributed by atoms with van der Waals surface area (Å²) in [5, 5.41) is 0. The van der Waals surface area contributed by atoms with Gasteiger partial charge in [0.25, 0.3) is 0 Å². The van der Waals surface area contributed by atoms with Gasteiger partial charge >= 0.3 is 7.76 Å². The van der Waals surface area contributed by atoms with Crippen LogP contribution in [0.2, 0.25) is 0 Å². The second-order valence-corrected chi connectivity index (χ2v) is 2.32. The van der Waals surface area contributed by atoms with Crippen molar-refractivity contribution >= 4 is 13.8 Å². The maximum Gasteiger partial charge on any atom is 0.427 e. The number of hydrogen-bond donors (Lipinski definition) is 0. The van der Waals surface area contributed by atoms with E-state index in [1.165, 1.54) is 0 Å². The van der Waals surface area contributed by atoms with Gasteiger partial charge in [-0.1, -0.05) is 0 Å². The zero-order valence-corrected chi connectivity index (χ0v) is 5.02. The topological polar surface area (TPSA) is 46.5 Å². The molecular formula is C3H2F2NO2P. The van der Waals surface area contributed by atoms with E-state index in [0.29, 0.717) is 6.20 Å². The van der Waals surface area contributed by atoms with E-state index in [1.807, 2.05) is 0 Å². The third-order valence-electron chi connectivity index (χ3n) is 0.367. The Morgan fingerprint density at radius 2 is 2.11 bits per heavy atom. The van der Waals surface area contributed by atoms with Crippen molar-refractivity contribution in [2.45, 2.75) is 0 Å². The summed E-state index contributed by atoms with van der Waals surface area (Å²) in [5.74, 6) is 0.0674. The smallest absolute Gasteiger partial charge is 0.245 e. The molecule has 0 spiro atoms. The second-order valence-electron chi connectivity index (χ2n) is 1.02. The van der Waals surface area contributed by atoms with Crippen molar-refractivity contribution in [3.8, 4) is 0 Å². The van der Waals surface area contributed by atoms with E-state index in [0.717, 1.165) is 6.08 Å². The summed E-state index contributed by atoms with van der Waals surface area (Å²) in [4.78, 5) is 11.8. The molecule has 9 heavy (non-hydrogen) atoms. The molecule has 0 aromatic heterocycles. The van der Waals surface area contributed by atoms with Gasteiger partial charge in [0.15, 0.2) is 0 Å². The summed E-state index contributed by atoms with van der Waals surface area (Å²) < 4.78 is 32.1. The molecule has 0 atom stereocenters. The molecule has 0 aliphatic carbocycles. The van der Waals surface area contributed by atoms with E-state index in [9.17, 15) is 17.8 Å². The molecule has 6 heteroatoms. The zero-order valence-electron chi connectivity index (χ0n) is 4.12. The summed E-state index contributed by atoms with van der Waals surface area (Å²) >= 11 is 0. The fourth-order valence-electron chi connectivity index (χ4n) is 0.141. The minimum absolute atomic E-state index is 0.0674. The fourth-order valence-corrected chi connectivity index (χ4v) is 0.363. The molecule has 0 fully saturated rings. The second kappa shape index (κ2) is 3.28. The van der Waals surface area contributed by atoms with Crippen LogP contribution in [0.25, 0.3) is 0 Å². The highest BCUT2D eigenvalue weighted by molar-refractivity contribution is 7.56. The summed E-state index contributed by atoms with van der Waals surface area (Å²) in [6.45, 7) is 0. The minimum atomic E-state index is -5.15. The third kappa shape index (κ3) is 7.21. The van der Waals surface area contributed by atoms with E-state index < -0.39 is 7.76 Å². The molecule has 0 saturated carbocycles. The van der Waals surface area contributed by atoms with Crippen molar-refractivity contribution in [1.29, 1.82) is 0 Å². The molecule has 0 N–H and O–H groups in total. The van der Waals surface area contributed by atoms with Gasteiger partial charge in [0, 0.05) is 6.20 Å². The fraction of sp³-hybridized carbons (Fsp3) is 0. The molecule has 0 rings (SSSR count). The van der Waals surface area contributed by atoms with Gasteiger partial charge in [-0.3, -0.25) is 0 Å². The van der Waals surface area contributed by atoms with E-state index >= 15 is 0 Å². The number of isocyanates is 1. The largest absolute Gasteiger partial charge is 0.427 e. The van der Waals surface area contributed by atoms with E-state index in [4.69, 9.17) is 0 Å². The lowest BCUT2D eigenvalue weighted by Crippen LogP contribution is -1.51. The Labute approximate surface area is 49.7 Å². The Balaban J connectivity index is 4.02. The van der Waals surface area contributed by atoms with Gasteiger partial charge in [-0.05, 0) is 0 Å². The molecule has 3 nitrogen and oxygen atoms in total. The molecule has 0 saturated heterocycles. The Morgan fingerprint density at radius 3 is 2.44 bits per heavy atom. The first-order valence-electron chi connectivity index (χ1n) is 1.80. The zero-order chi connectivity index (χ0) is 7.33. The van der Waals surface area contributed by atoms with Crippen LogP contribution >= 0.6 is 7.76 Å². The standard InChI is InChI=1S/C3H2F2NO2P/c4-9(5,8)2-1-6-3-7/h1-2H/b2-1+. The summed E-state index contributed by atoms with van der Waals surface area (Å²) in [5.41, 5.74) is 0. The Morgan fingerprint density at radius 1 is 1.56 bits per heavy atom. The van der Waals surface area contributed by atoms with Crippen molar-refractivity contribution in [1.82, 2.24) is 0 Å². The van der Waals surface area contributed by atoms with E-state index in [1.54, 1.807) is 0 Å². The SMILES string of the molecule is O=C=N/C=C/P(=O)(F)F. The highest BCUT2D eigenvalue weighted by Crippen LogP contribution is 2.50. The van der Waals surface area contributed by atoms with Gasteiger partial charge in [-0.15, -0.1) is 8.39 Å². The van der Waals surface area contributed by atoms with Gasteiger partial charge in [-0.25, -0.2) is 9.36 Å². The lowest BCUT2D eigenvalue weighted by molar-refractivity contribution is 0.506. The molecular weight excluding hydrogens is 151 g/mol. The molecule has 0 aliphatic heterocycles. The number of halogens is 2. The molecule has 0 aromatic carbocycles. The third-order valence-corrected chi connectivity index (χ3v) is 0.848. The van der Waals surface area contributed by atoms with Crippen molar-refractivity contribution in [3.05, 3.63) is 12.0 Å². The predicted octanol–water partition coefficient (Wildman–Crippen LogP) is 1.93. The van der Waals surface area contributed by atoms with Crippen molar-refractivity contribution in [2.24, 2.45) is 4.99 Å². The number of nitrogens with zero attached hydrogens (tertiary/aromatic N) is 1.